The molecule has 2 rings (SSSR count). The van der Waals surface area contributed by atoms with Gasteiger partial charge in [-0.3, -0.25) is 4.99 Å². The van der Waals surface area contributed by atoms with E-state index in [2.05, 4.69) is 38.9 Å². The molecule has 0 radical (unpaired) electrons. The molecule has 1 aromatic carbocycles. The maximum absolute atomic E-state index is 13.7. The minimum atomic E-state index is -1.81. The number of methoxy groups -OCH3 is 1. The maximum atomic E-state index is 13.7. The summed E-state index contributed by atoms with van der Waals surface area (Å²) in [4.78, 5) is 16.2. The van der Waals surface area contributed by atoms with E-state index in [1.54, 1.807) is 12.3 Å². The van der Waals surface area contributed by atoms with Crippen LogP contribution in [0.15, 0.2) is 23.2 Å². The van der Waals surface area contributed by atoms with Gasteiger partial charge in [0.2, 0.25) is 0 Å². The first-order valence-corrected chi connectivity index (χ1v) is 12.0. The lowest BCUT2D eigenvalue weighted by molar-refractivity contribution is -0.143. The summed E-state index contributed by atoms with van der Waals surface area (Å²) in [5.74, 6) is -0.642. The first-order valence-electron chi connectivity index (χ1n) is 9.07. The van der Waals surface area contributed by atoms with Gasteiger partial charge in [-0.25, -0.2) is 9.18 Å². The van der Waals surface area contributed by atoms with Gasteiger partial charge in [-0.15, -0.1) is 0 Å². The summed E-state index contributed by atoms with van der Waals surface area (Å²) < 4.78 is 24.7. The van der Waals surface area contributed by atoms with Gasteiger partial charge in [0, 0.05) is 12.8 Å². The number of hydrogen-bond donors (Lipinski definition) is 0. The molecule has 0 N–H and O–H groups in total. The molecule has 0 amide bonds. The van der Waals surface area contributed by atoms with E-state index in [1.807, 2.05) is 0 Å². The van der Waals surface area contributed by atoms with Crippen molar-refractivity contribution in [3.63, 3.8) is 0 Å². The predicted octanol–water partition coefficient (Wildman–Crippen LogP) is 4.51. The highest BCUT2D eigenvalue weighted by molar-refractivity contribution is 6.74. The van der Waals surface area contributed by atoms with Gasteiger partial charge in [0.25, 0.3) is 0 Å². The molecule has 0 bridgehead atoms. The molecular formula is C20H30FNO3Si. The lowest BCUT2D eigenvalue weighted by Gasteiger charge is -2.36. The largest absolute Gasteiger partial charge is 0.467 e. The van der Waals surface area contributed by atoms with E-state index in [0.717, 1.165) is 5.56 Å². The van der Waals surface area contributed by atoms with Crippen LogP contribution in [0.4, 0.5) is 4.39 Å². The summed E-state index contributed by atoms with van der Waals surface area (Å²) in [6.07, 6.45) is 3.64. The van der Waals surface area contributed by atoms with Crippen molar-refractivity contribution >= 4 is 20.5 Å². The standard InChI is InChI=1S/C20H30FNO3Si/c1-19(2,3)26(5,6)25-12-9-15-7-8-17(21)13-16(15)14-22-20(10-11-20)18(23)24-4/h7-8,13-14H,9-12H2,1-6H3. The highest BCUT2D eigenvalue weighted by Crippen LogP contribution is 2.41. The molecule has 0 spiro atoms. The average Bonchev–Trinajstić information content (AvgIpc) is 3.34. The van der Waals surface area contributed by atoms with E-state index in [0.29, 0.717) is 31.4 Å². The van der Waals surface area contributed by atoms with Crippen LogP contribution in [0.25, 0.3) is 0 Å². The average molecular weight is 380 g/mol. The fraction of sp³-hybridized carbons (Fsp3) is 0.600. The zero-order valence-electron chi connectivity index (χ0n) is 16.7. The zero-order chi connectivity index (χ0) is 19.6. The third kappa shape index (κ3) is 4.80. The number of halogens is 1. The van der Waals surface area contributed by atoms with E-state index >= 15 is 0 Å². The molecule has 0 atom stereocenters. The summed E-state index contributed by atoms with van der Waals surface area (Å²) in [7, 11) is -0.449. The van der Waals surface area contributed by atoms with E-state index in [4.69, 9.17) is 9.16 Å². The van der Waals surface area contributed by atoms with E-state index in [9.17, 15) is 9.18 Å². The smallest absolute Gasteiger partial charge is 0.333 e. The van der Waals surface area contributed by atoms with Crippen molar-refractivity contribution in [2.75, 3.05) is 13.7 Å². The van der Waals surface area contributed by atoms with Crippen LogP contribution in [0.2, 0.25) is 18.1 Å². The van der Waals surface area contributed by atoms with Crippen molar-refractivity contribution in [1.29, 1.82) is 0 Å². The summed E-state index contributed by atoms with van der Waals surface area (Å²) in [6, 6.07) is 4.67. The molecule has 0 aromatic heterocycles. The van der Waals surface area contributed by atoms with Crippen molar-refractivity contribution < 1.29 is 18.3 Å². The second-order valence-corrected chi connectivity index (χ2v) is 13.3. The van der Waals surface area contributed by atoms with Gasteiger partial charge in [0.15, 0.2) is 13.9 Å². The Labute approximate surface area is 156 Å². The van der Waals surface area contributed by atoms with Crippen LogP contribution < -0.4 is 0 Å². The number of carbonyl (C=O) groups excluding carboxylic acids is 1. The lowest BCUT2D eigenvalue weighted by atomic mass is 10.1. The molecule has 0 aliphatic heterocycles. The number of benzene rings is 1. The third-order valence-corrected chi connectivity index (χ3v) is 10.0. The van der Waals surface area contributed by atoms with Gasteiger partial charge in [-0.2, -0.15) is 0 Å². The number of hydrogen-bond acceptors (Lipinski definition) is 4. The first-order chi connectivity index (χ1) is 12.0. The molecular weight excluding hydrogens is 349 g/mol. The summed E-state index contributed by atoms with van der Waals surface area (Å²) in [5.41, 5.74) is 0.893. The number of nitrogens with zero attached hydrogens (tertiary/aromatic N) is 1. The highest BCUT2D eigenvalue weighted by Gasteiger charge is 2.51. The van der Waals surface area contributed by atoms with Crippen LogP contribution in [0.1, 0.15) is 44.7 Å². The molecule has 1 aliphatic carbocycles. The molecule has 0 unspecified atom stereocenters. The third-order valence-electron chi connectivity index (χ3n) is 5.49. The van der Waals surface area contributed by atoms with Gasteiger partial charge in [0.1, 0.15) is 5.82 Å². The SMILES string of the molecule is COC(=O)C1(N=Cc2cc(F)ccc2CCO[Si](C)(C)C(C)(C)C)CC1. The Morgan fingerprint density at radius 3 is 2.54 bits per heavy atom. The number of aliphatic imine (C=N–C) groups is 1. The van der Waals surface area contributed by atoms with Crippen molar-refractivity contribution in [2.45, 2.75) is 63.7 Å². The maximum Gasteiger partial charge on any atom is 0.333 e. The van der Waals surface area contributed by atoms with Crippen LogP contribution in [0, 0.1) is 5.82 Å². The van der Waals surface area contributed by atoms with E-state index < -0.39 is 13.9 Å². The molecule has 1 saturated carbocycles. The number of esters is 1. The Hall–Kier alpha value is -1.53. The number of rotatable bonds is 7. The number of carbonyl (C=O) groups is 1. The molecule has 26 heavy (non-hydrogen) atoms. The Morgan fingerprint density at radius 2 is 2.00 bits per heavy atom. The fourth-order valence-corrected chi connectivity index (χ4v) is 3.48. The molecule has 1 aromatic rings. The van der Waals surface area contributed by atoms with Crippen LogP contribution in [-0.2, 0) is 20.4 Å². The van der Waals surface area contributed by atoms with Crippen molar-refractivity contribution in [3.8, 4) is 0 Å². The zero-order valence-corrected chi connectivity index (χ0v) is 17.7. The van der Waals surface area contributed by atoms with Crippen LogP contribution >= 0.6 is 0 Å². The Balaban J connectivity index is 2.10. The minimum Gasteiger partial charge on any atom is -0.467 e. The summed E-state index contributed by atoms with van der Waals surface area (Å²) in [6.45, 7) is 11.6. The Morgan fingerprint density at radius 1 is 1.35 bits per heavy atom. The molecule has 4 nitrogen and oxygen atoms in total. The van der Waals surface area contributed by atoms with Crippen LogP contribution in [0.3, 0.4) is 0 Å². The van der Waals surface area contributed by atoms with Crippen LogP contribution in [0.5, 0.6) is 0 Å². The second-order valence-electron chi connectivity index (χ2n) is 8.48. The van der Waals surface area contributed by atoms with Gasteiger partial charge in [-0.05, 0) is 60.7 Å². The van der Waals surface area contributed by atoms with Gasteiger partial charge in [-0.1, -0.05) is 26.8 Å². The van der Waals surface area contributed by atoms with Crippen LogP contribution in [-0.4, -0.2) is 39.8 Å². The predicted molar refractivity (Wildman–Crippen MR) is 105 cm³/mol. The quantitative estimate of drug-likeness (QED) is 0.398. The lowest BCUT2D eigenvalue weighted by Crippen LogP contribution is -2.41. The minimum absolute atomic E-state index is 0.152. The van der Waals surface area contributed by atoms with E-state index in [-0.39, 0.29) is 16.8 Å². The normalized spacial score (nSPS) is 16.7. The number of ether oxygens (including phenoxy) is 1. The van der Waals surface area contributed by atoms with Gasteiger partial charge < -0.3 is 9.16 Å². The molecule has 6 heteroatoms. The monoisotopic (exact) mass is 379 g/mol. The van der Waals surface area contributed by atoms with Crippen molar-refractivity contribution in [3.05, 3.63) is 35.1 Å². The summed E-state index contributed by atoms with van der Waals surface area (Å²) >= 11 is 0. The van der Waals surface area contributed by atoms with Gasteiger partial charge >= 0.3 is 5.97 Å². The van der Waals surface area contributed by atoms with E-state index in [1.165, 1.54) is 19.2 Å². The first kappa shape index (κ1) is 20.8. The molecule has 0 heterocycles. The van der Waals surface area contributed by atoms with Crippen molar-refractivity contribution in [1.82, 2.24) is 0 Å². The second kappa shape index (κ2) is 7.60. The van der Waals surface area contributed by atoms with Crippen molar-refractivity contribution in [2.24, 2.45) is 4.99 Å². The topological polar surface area (TPSA) is 47.9 Å². The Kier molecular flexibility index (Phi) is 6.08. The highest BCUT2D eigenvalue weighted by atomic mass is 28.4. The summed E-state index contributed by atoms with van der Waals surface area (Å²) in [5, 5.41) is 0.152. The molecule has 0 saturated heterocycles. The Bertz CT molecular complexity index is 691. The molecule has 144 valence electrons. The molecule has 1 fully saturated rings. The fourth-order valence-electron chi connectivity index (χ4n) is 2.43. The van der Waals surface area contributed by atoms with Gasteiger partial charge in [0.05, 0.1) is 7.11 Å². The molecule has 1 aliphatic rings.